The van der Waals surface area contributed by atoms with Gasteiger partial charge in [0.25, 0.3) is 0 Å². The van der Waals surface area contributed by atoms with Crippen LogP contribution in [0.4, 0.5) is 11.6 Å². The third-order valence-electron chi connectivity index (χ3n) is 3.23. The second-order valence-electron chi connectivity index (χ2n) is 4.94. The van der Waals surface area contributed by atoms with Crippen LogP contribution < -0.4 is 5.32 Å². The first kappa shape index (κ1) is 11.8. The molecule has 0 saturated heterocycles. The molecule has 3 heteroatoms. The predicted octanol–water partition coefficient (Wildman–Crippen LogP) is 4.36. The first-order valence-corrected chi connectivity index (χ1v) is 6.53. The van der Waals surface area contributed by atoms with Gasteiger partial charge in [-0.15, -0.1) is 0 Å². The van der Waals surface area contributed by atoms with Gasteiger partial charge in [0, 0.05) is 24.1 Å². The molecule has 0 bridgehead atoms. The standard InChI is InChI=1S/C16H17N3/c1-12(2)19-10-9-17-16(19)18-15-8-7-13-5-3-4-6-14(13)11-15/h3-12H,1-2H3,(H,17,18). The molecule has 2 aromatic carbocycles. The minimum absolute atomic E-state index is 0.394. The Balaban J connectivity index is 1.94. The van der Waals surface area contributed by atoms with Gasteiger partial charge in [-0.2, -0.15) is 0 Å². The van der Waals surface area contributed by atoms with Gasteiger partial charge in [-0.1, -0.05) is 30.3 Å². The molecular formula is C16H17N3. The summed E-state index contributed by atoms with van der Waals surface area (Å²) in [7, 11) is 0. The van der Waals surface area contributed by atoms with E-state index in [0.717, 1.165) is 11.6 Å². The van der Waals surface area contributed by atoms with E-state index >= 15 is 0 Å². The van der Waals surface area contributed by atoms with E-state index in [9.17, 15) is 0 Å². The lowest BCUT2D eigenvalue weighted by atomic mass is 10.1. The summed E-state index contributed by atoms with van der Waals surface area (Å²) in [6.45, 7) is 4.29. The monoisotopic (exact) mass is 251 g/mol. The van der Waals surface area contributed by atoms with E-state index in [1.165, 1.54) is 10.8 Å². The zero-order chi connectivity index (χ0) is 13.2. The van der Waals surface area contributed by atoms with Crippen LogP contribution >= 0.6 is 0 Å². The Kier molecular flexibility index (Phi) is 2.95. The molecule has 1 N–H and O–H groups in total. The van der Waals surface area contributed by atoms with Crippen LogP contribution in [0.1, 0.15) is 19.9 Å². The summed E-state index contributed by atoms with van der Waals surface area (Å²) in [6, 6.07) is 15.1. The quantitative estimate of drug-likeness (QED) is 0.749. The maximum Gasteiger partial charge on any atom is 0.207 e. The highest BCUT2D eigenvalue weighted by Crippen LogP contribution is 2.22. The summed E-state index contributed by atoms with van der Waals surface area (Å²) >= 11 is 0. The normalized spacial score (nSPS) is 11.1. The van der Waals surface area contributed by atoms with Gasteiger partial charge in [0.2, 0.25) is 5.95 Å². The summed E-state index contributed by atoms with van der Waals surface area (Å²) in [6.07, 6.45) is 3.82. The second kappa shape index (κ2) is 4.76. The molecule has 0 unspecified atom stereocenters. The number of imidazole rings is 1. The fourth-order valence-corrected chi connectivity index (χ4v) is 2.22. The molecule has 0 fully saturated rings. The fourth-order valence-electron chi connectivity index (χ4n) is 2.22. The van der Waals surface area contributed by atoms with Crippen molar-refractivity contribution in [2.75, 3.05) is 5.32 Å². The van der Waals surface area contributed by atoms with Crippen LogP contribution in [0, 0.1) is 0 Å². The predicted molar refractivity (Wildman–Crippen MR) is 79.8 cm³/mol. The van der Waals surface area contributed by atoms with Crippen LogP contribution in [0.3, 0.4) is 0 Å². The minimum atomic E-state index is 0.394. The number of hydrogen-bond donors (Lipinski definition) is 1. The zero-order valence-electron chi connectivity index (χ0n) is 11.2. The van der Waals surface area contributed by atoms with Crippen LogP contribution in [0.25, 0.3) is 10.8 Å². The highest BCUT2D eigenvalue weighted by molar-refractivity contribution is 5.86. The molecule has 1 aromatic heterocycles. The lowest BCUT2D eigenvalue weighted by Crippen LogP contribution is -2.05. The van der Waals surface area contributed by atoms with E-state index in [1.54, 1.807) is 0 Å². The number of aromatic nitrogens is 2. The molecule has 19 heavy (non-hydrogen) atoms. The largest absolute Gasteiger partial charge is 0.326 e. The van der Waals surface area contributed by atoms with Crippen LogP contribution in [-0.4, -0.2) is 9.55 Å². The Morgan fingerprint density at radius 3 is 2.63 bits per heavy atom. The van der Waals surface area contributed by atoms with Gasteiger partial charge in [0.1, 0.15) is 0 Å². The fraction of sp³-hybridized carbons (Fsp3) is 0.188. The van der Waals surface area contributed by atoms with Gasteiger partial charge in [0.15, 0.2) is 0 Å². The number of nitrogens with one attached hydrogen (secondary N) is 1. The van der Waals surface area contributed by atoms with Crippen molar-refractivity contribution >= 4 is 22.4 Å². The average Bonchev–Trinajstić information content (AvgIpc) is 2.87. The molecule has 1 heterocycles. The summed E-state index contributed by atoms with van der Waals surface area (Å²) in [5.41, 5.74) is 1.06. The third kappa shape index (κ3) is 2.32. The molecule has 96 valence electrons. The van der Waals surface area contributed by atoms with Crippen LogP contribution in [0.2, 0.25) is 0 Å². The average molecular weight is 251 g/mol. The van der Waals surface area contributed by atoms with Gasteiger partial charge in [0.05, 0.1) is 0 Å². The SMILES string of the molecule is CC(C)n1ccnc1Nc1ccc2ccccc2c1. The highest BCUT2D eigenvalue weighted by atomic mass is 15.2. The molecule has 0 saturated carbocycles. The number of nitrogens with zero attached hydrogens (tertiary/aromatic N) is 2. The van der Waals surface area contributed by atoms with Crippen molar-refractivity contribution in [3.05, 3.63) is 54.9 Å². The van der Waals surface area contributed by atoms with E-state index < -0.39 is 0 Å². The first-order valence-electron chi connectivity index (χ1n) is 6.53. The molecule has 0 amide bonds. The van der Waals surface area contributed by atoms with Gasteiger partial charge in [-0.25, -0.2) is 4.98 Å². The van der Waals surface area contributed by atoms with Crippen molar-refractivity contribution in [3.63, 3.8) is 0 Å². The Morgan fingerprint density at radius 1 is 1.05 bits per heavy atom. The topological polar surface area (TPSA) is 29.9 Å². The second-order valence-corrected chi connectivity index (χ2v) is 4.94. The summed E-state index contributed by atoms with van der Waals surface area (Å²) in [4.78, 5) is 4.36. The lowest BCUT2D eigenvalue weighted by molar-refractivity contribution is 0.608. The van der Waals surface area contributed by atoms with Crippen LogP contribution in [0.15, 0.2) is 54.9 Å². The van der Waals surface area contributed by atoms with E-state index in [4.69, 9.17) is 0 Å². The maximum atomic E-state index is 4.36. The van der Waals surface area contributed by atoms with Gasteiger partial charge in [-0.05, 0) is 36.8 Å². The van der Waals surface area contributed by atoms with Crippen LogP contribution in [0.5, 0.6) is 0 Å². The molecule has 0 aliphatic carbocycles. The number of anilines is 2. The number of fused-ring (bicyclic) bond motifs is 1. The summed E-state index contributed by atoms with van der Waals surface area (Å²) in [5.74, 6) is 0.880. The molecule has 0 aliphatic heterocycles. The van der Waals surface area contributed by atoms with Gasteiger partial charge >= 0.3 is 0 Å². The Labute approximate surface area is 112 Å². The van der Waals surface area contributed by atoms with Gasteiger partial charge in [-0.3, -0.25) is 0 Å². The summed E-state index contributed by atoms with van der Waals surface area (Å²) in [5, 5.41) is 5.86. The maximum absolute atomic E-state index is 4.36. The van der Waals surface area contributed by atoms with E-state index in [-0.39, 0.29) is 0 Å². The Bertz CT molecular complexity index is 698. The summed E-state index contributed by atoms with van der Waals surface area (Å²) < 4.78 is 2.12. The Hall–Kier alpha value is -2.29. The molecule has 3 aromatic rings. The smallest absolute Gasteiger partial charge is 0.207 e. The molecule has 0 aliphatic rings. The van der Waals surface area contributed by atoms with E-state index in [1.807, 2.05) is 12.4 Å². The molecule has 3 rings (SSSR count). The molecule has 0 spiro atoms. The Morgan fingerprint density at radius 2 is 1.84 bits per heavy atom. The first-order chi connectivity index (χ1) is 9.24. The highest BCUT2D eigenvalue weighted by Gasteiger charge is 2.06. The molecule has 3 nitrogen and oxygen atoms in total. The van der Waals surface area contributed by atoms with Crippen molar-refractivity contribution in [3.8, 4) is 0 Å². The van der Waals surface area contributed by atoms with E-state index in [2.05, 4.69) is 71.2 Å². The van der Waals surface area contributed by atoms with Crippen molar-refractivity contribution in [2.45, 2.75) is 19.9 Å². The van der Waals surface area contributed by atoms with Crippen molar-refractivity contribution < 1.29 is 0 Å². The molecule has 0 atom stereocenters. The molecular weight excluding hydrogens is 234 g/mol. The number of hydrogen-bond acceptors (Lipinski definition) is 2. The molecule has 0 radical (unpaired) electrons. The van der Waals surface area contributed by atoms with Crippen molar-refractivity contribution in [1.29, 1.82) is 0 Å². The van der Waals surface area contributed by atoms with Crippen molar-refractivity contribution in [2.24, 2.45) is 0 Å². The lowest BCUT2D eigenvalue weighted by Gasteiger charge is -2.13. The number of benzene rings is 2. The zero-order valence-corrected chi connectivity index (χ0v) is 11.2. The van der Waals surface area contributed by atoms with E-state index in [0.29, 0.717) is 6.04 Å². The van der Waals surface area contributed by atoms with Gasteiger partial charge < -0.3 is 9.88 Å². The van der Waals surface area contributed by atoms with Crippen LogP contribution in [-0.2, 0) is 0 Å². The van der Waals surface area contributed by atoms with Crippen molar-refractivity contribution in [1.82, 2.24) is 9.55 Å². The minimum Gasteiger partial charge on any atom is -0.326 e. The number of rotatable bonds is 3. The third-order valence-corrected chi connectivity index (χ3v) is 3.23.